The van der Waals surface area contributed by atoms with Gasteiger partial charge in [-0.3, -0.25) is 0 Å². The molecular weight excluding hydrogens is 204 g/mol. The average molecular weight is 224 g/mol. The summed E-state index contributed by atoms with van der Waals surface area (Å²) in [5.41, 5.74) is 1.19. The molecule has 0 aliphatic carbocycles. The van der Waals surface area contributed by atoms with Gasteiger partial charge < -0.3 is 15.0 Å². The zero-order valence-corrected chi connectivity index (χ0v) is 10.0. The number of hydrogen-bond acceptors (Lipinski definition) is 5. The molecule has 90 valence electrons. The lowest BCUT2D eigenvalue weighted by Crippen LogP contribution is -2.30. The van der Waals surface area contributed by atoms with Crippen LogP contribution in [0.1, 0.15) is 5.56 Å². The highest BCUT2D eigenvalue weighted by atomic mass is 16.5. The zero-order chi connectivity index (χ0) is 11.6. The third-order valence-electron chi connectivity index (χ3n) is 2.25. The molecule has 1 rings (SSSR count). The van der Waals surface area contributed by atoms with Crippen LogP contribution in [0.15, 0.2) is 18.5 Å². The molecule has 0 aliphatic rings. The van der Waals surface area contributed by atoms with Gasteiger partial charge in [-0.15, -0.1) is 0 Å². The van der Waals surface area contributed by atoms with Crippen molar-refractivity contribution in [2.24, 2.45) is 0 Å². The summed E-state index contributed by atoms with van der Waals surface area (Å²) >= 11 is 0. The van der Waals surface area contributed by atoms with Crippen LogP contribution in [0.2, 0.25) is 0 Å². The first-order valence-corrected chi connectivity index (χ1v) is 5.46. The number of hydrogen-bond donors (Lipinski definition) is 1. The second-order valence-electron chi connectivity index (χ2n) is 3.73. The maximum atomic E-state index is 4.95. The van der Waals surface area contributed by atoms with Crippen molar-refractivity contribution in [3.05, 3.63) is 24.0 Å². The van der Waals surface area contributed by atoms with Crippen LogP contribution in [0.3, 0.4) is 0 Å². The van der Waals surface area contributed by atoms with Crippen molar-refractivity contribution in [2.45, 2.75) is 6.54 Å². The Labute approximate surface area is 96.8 Å². The molecule has 0 unspecified atom stereocenters. The number of nitrogens with zero attached hydrogens (tertiary/aromatic N) is 3. The van der Waals surface area contributed by atoms with Gasteiger partial charge in [0.25, 0.3) is 0 Å². The van der Waals surface area contributed by atoms with Gasteiger partial charge in [0.15, 0.2) is 0 Å². The molecule has 5 heteroatoms. The van der Waals surface area contributed by atoms with Crippen molar-refractivity contribution < 1.29 is 4.74 Å². The number of ether oxygens (including phenoxy) is 1. The van der Waals surface area contributed by atoms with E-state index in [1.165, 1.54) is 5.56 Å². The molecule has 0 aliphatic heterocycles. The van der Waals surface area contributed by atoms with Crippen LogP contribution in [0.25, 0.3) is 0 Å². The van der Waals surface area contributed by atoms with Gasteiger partial charge in [-0.25, -0.2) is 0 Å². The van der Waals surface area contributed by atoms with Gasteiger partial charge >= 0.3 is 0 Å². The standard InChI is InChI=1S/C11H20N4O/c1-15(7-5-12-6-8-16-2)10-11-3-4-13-14-9-11/h3-4,9,12H,5-8,10H2,1-2H3. The summed E-state index contributed by atoms with van der Waals surface area (Å²) in [4.78, 5) is 2.25. The molecule has 1 aromatic rings. The molecule has 0 saturated carbocycles. The highest BCUT2D eigenvalue weighted by molar-refractivity contribution is 5.04. The van der Waals surface area contributed by atoms with Crippen LogP contribution in [0.4, 0.5) is 0 Å². The molecule has 0 fully saturated rings. The topological polar surface area (TPSA) is 50.3 Å². The van der Waals surface area contributed by atoms with Crippen molar-refractivity contribution in [3.8, 4) is 0 Å². The van der Waals surface area contributed by atoms with Crippen LogP contribution >= 0.6 is 0 Å². The minimum atomic E-state index is 0.762. The molecule has 0 radical (unpaired) electrons. The maximum Gasteiger partial charge on any atom is 0.0587 e. The third-order valence-corrected chi connectivity index (χ3v) is 2.25. The molecule has 0 bridgehead atoms. The van der Waals surface area contributed by atoms with Crippen molar-refractivity contribution in [1.82, 2.24) is 20.4 Å². The van der Waals surface area contributed by atoms with E-state index in [9.17, 15) is 0 Å². The highest BCUT2D eigenvalue weighted by Crippen LogP contribution is 1.98. The van der Waals surface area contributed by atoms with E-state index in [0.717, 1.165) is 32.8 Å². The van der Waals surface area contributed by atoms with E-state index in [1.807, 2.05) is 6.07 Å². The minimum Gasteiger partial charge on any atom is -0.383 e. The van der Waals surface area contributed by atoms with Crippen molar-refractivity contribution in [3.63, 3.8) is 0 Å². The van der Waals surface area contributed by atoms with Gasteiger partial charge in [0, 0.05) is 39.5 Å². The Kier molecular flexibility index (Phi) is 6.64. The summed E-state index contributed by atoms with van der Waals surface area (Å²) in [6.45, 7) is 4.55. The molecule has 0 saturated heterocycles. The van der Waals surface area contributed by atoms with Crippen molar-refractivity contribution in [1.29, 1.82) is 0 Å². The molecule has 16 heavy (non-hydrogen) atoms. The predicted molar refractivity (Wildman–Crippen MR) is 63.1 cm³/mol. The third kappa shape index (κ3) is 5.75. The Balaban J connectivity index is 2.09. The fourth-order valence-corrected chi connectivity index (χ4v) is 1.37. The maximum absolute atomic E-state index is 4.95. The second-order valence-corrected chi connectivity index (χ2v) is 3.73. The van der Waals surface area contributed by atoms with Crippen LogP contribution in [0, 0.1) is 0 Å². The van der Waals surface area contributed by atoms with E-state index in [1.54, 1.807) is 19.5 Å². The van der Waals surface area contributed by atoms with E-state index >= 15 is 0 Å². The highest BCUT2D eigenvalue weighted by Gasteiger charge is 1.99. The minimum absolute atomic E-state index is 0.762. The molecule has 0 aromatic carbocycles. The first-order valence-electron chi connectivity index (χ1n) is 5.46. The molecule has 0 amide bonds. The van der Waals surface area contributed by atoms with E-state index in [0.29, 0.717) is 0 Å². The van der Waals surface area contributed by atoms with Gasteiger partial charge in [0.1, 0.15) is 0 Å². The Bertz CT molecular complexity index is 268. The Morgan fingerprint density at radius 1 is 1.38 bits per heavy atom. The number of aromatic nitrogens is 2. The van der Waals surface area contributed by atoms with Gasteiger partial charge in [-0.2, -0.15) is 10.2 Å². The molecular formula is C11H20N4O. The van der Waals surface area contributed by atoms with E-state index in [2.05, 4.69) is 27.5 Å². The Hall–Kier alpha value is -1.04. The largest absolute Gasteiger partial charge is 0.383 e. The van der Waals surface area contributed by atoms with Crippen LogP contribution in [-0.2, 0) is 11.3 Å². The first kappa shape index (κ1) is 13.0. The zero-order valence-electron chi connectivity index (χ0n) is 10.0. The molecule has 5 nitrogen and oxygen atoms in total. The fourth-order valence-electron chi connectivity index (χ4n) is 1.37. The Morgan fingerprint density at radius 3 is 2.94 bits per heavy atom. The molecule has 1 N–H and O–H groups in total. The van der Waals surface area contributed by atoms with E-state index < -0.39 is 0 Å². The van der Waals surface area contributed by atoms with Crippen molar-refractivity contribution in [2.75, 3.05) is 40.4 Å². The quantitative estimate of drug-likeness (QED) is 0.637. The predicted octanol–water partition coefficient (Wildman–Crippen LogP) is 0.144. The van der Waals surface area contributed by atoms with E-state index in [4.69, 9.17) is 4.74 Å². The number of likely N-dealkylation sites (N-methyl/N-ethyl adjacent to an activating group) is 1. The van der Waals surface area contributed by atoms with Crippen LogP contribution < -0.4 is 5.32 Å². The fraction of sp³-hybridized carbons (Fsp3) is 0.636. The van der Waals surface area contributed by atoms with E-state index in [-0.39, 0.29) is 0 Å². The van der Waals surface area contributed by atoms with Crippen LogP contribution in [-0.4, -0.2) is 55.5 Å². The number of nitrogens with one attached hydrogen (secondary N) is 1. The lowest BCUT2D eigenvalue weighted by Gasteiger charge is -2.16. The lowest BCUT2D eigenvalue weighted by atomic mass is 10.3. The summed E-state index contributed by atoms with van der Waals surface area (Å²) in [6, 6.07) is 1.99. The SMILES string of the molecule is COCCNCCN(C)Cc1ccnnc1. The summed E-state index contributed by atoms with van der Waals surface area (Å²) in [7, 11) is 3.81. The summed E-state index contributed by atoms with van der Waals surface area (Å²) in [5.74, 6) is 0. The van der Waals surface area contributed by atoms with Gasteiger partial charge in [-0.05, 0) is 18.7 Å². The van der Waals surface area contributed by atoms with Crippen molar-refractivity contribution >= 4 is 0 Å². The summed E-state index contributed by atoms with van der Waals surface area (Å²) < 4.78 is 4.95. The Morgan fingerprint density at radius 2 is 2.25 bits per heavy atom. The van der Waals surface area contributed by atoms with Gasteiger partial charge in [0.2, 0.25) is 0 Å². The molecule has 0 spiro atoms. The second kappa shape index (κ2) is 8.15. The van der Waals surface area contributed by atoms with Gasteiger partial charge in [-0.1, -0.05) is 0 Å². The molecule has 0 atom stereocenters. The molecule has 1 aromatic heterocycles. The van der Waals surface area contributed by atoms with Gasteiger partial charge in [0.05, 0.1) is 12.8 Å². The smallest absolute Gasteiger partial charge is 0.0587 e. The lowest BCUT2D eigenvalue weighted by molar-refractivity contribution is 0.197. The number of rotatable bonds is 8. The summed E-state index contributed by atoms with van der Waals surface area (Å²) in [6.07, 6.45) is 3.52. The first-order chi connectivity index (χ1) is 7.83. The normalized spacial score (nSPS) is 10.9. The summed E-state index contributed by atoms with van der Waals surface area (Å²) in [5, 5.41) is 10.9. The average Bonchev–Trinajstić information content (AvgIpc) is 2.30. The molecule has 1 heterocycles. The van der Waals surface area contributed by atoms with Crippen LogP contribution in [0.5, 0.6) is 0 Å². The number of methoxy groups -OCH3 is 1. The monoisotopic (exact) mass is 224 g/mol.